The predicted molar refractivity (Wildman–Crippen MR) is 92.2 cm³/mol. The summed E-state index contributed by atoms with van der Waals surface area (Å²) in [5, 5.41) is 19.8. The number of carboxylic acid groups (broad SMARTS) is 2. The van der Waals surface area contributed by atoms with Crippen LogP contribution in [0.4, 0.5) is 13.2 Å². The van der Waals surface area contributed by atoms with Crippen LogP contribution in [0.15, 0.2) is 41.7 Å². The van der Waals surface area contributed by atoms with E-state index in [1.165, 1.54) is 4.90 Å². The van der Waals surface area contributed by atoms with Crippen LogP contribution in [0, 0.1) is 5.92 Å². The summed E-state index contributed by atoms with van der Waals surface area (Å²) in [6.45, 7) is 0.755. The lowest BCUT2D eigenvalue weighted by Gasteiger charge is -2.48. The van der Waals surface area contributed by atoms with Crippen LogP contribution >= 0.6 is 0 Å². The van der Waals surface area contributed by atoms with Crippen molar-refractivity contribution in [3.63, 3.8) is 0 Å². The van der Waals surface area contributed by atoms with E-state index in [9.17, 15) is 27.9 Å². The molecule has 0 bridgehead atoms. The molecule has 0 spiro atoms. The molecule has 3 aliphatic heterocycles. The van der Waals surface area contributed by atoms with Gasteiger partial charge in [-0.2, -0.15) is 13.2 Å². The van der Waals surface area contributed by atoms with Crippen molar-refractivity contribution in [1.29, 1.82) is 0 Å². The summed E-state index contributed by atoms with van der Waals surface area (Å²) in [5.41, 5.74) is 1.58. The minimum atomic E-state index is -5.08. The van der Waals surface area contributed by atoms with Gasteiger partial charge in [-0.05, 0) is 36.1 Å². The fourth-order valence-electron chi connectivity index (χ4n) is 3.63. The van der Waals surface area contributed by atoms with Gasteiger partial charge in [0.15, 0.2) is 0 Å². The first-order chi connectivity index (χ1) is 13.6. The van der Waals surface area contributed by atoms with Crippen molar-refractivity contribution in [2.24, 2.45) is 5.92 Å². The molecule has 0 aromatic carbocycles. The Morgan fingerprint density at radius 2 is 1.93 bits per heavy atom. The van der Waals surface area contributed by atoms with Crippen molar-refractivity contribution in [3.8, 4) is 0 Å². The van der Waals surface area contributed by atoms with Gasteiger partial charge < -0.3 is 15.5 Å². The van der Waals surface area contributed by atoms with Gasteiger partial charge >= 0.3 is 18.1 Å². The van der Waals surface area contributed by atoms with Crippen LogP contribution in [0.3, 0.4) is 0 Å². The molecule has 0 aliphatic carbocycles. The molecule has 29 heavy (non-hydrogen) atoms. The highest BCUT2D eigenvalue weighted by Gasteiger charge is 2.59. The molecule has 0 radical (unpaired) electrons. The normalized spacial score (nSPS) is 25.3. The standard InChI is InChI=1S/C16H15N3O3.C2HF3O2/c20-15-12-13-10(8-18-12)7-9(14(16(21)22)19(13)15)4-5-11-3-1-2-6-17-11;3-2(4,5)1(6)7/h1-6,10,12-13,18H,7-8H2,(H,21,22);(H,6,7)/b5-4+;/t10-,12+,13-;/m1./s1. The maximum Gasteiger partial charge on any atom is 0.490 e. The van der Waals surface area contributed by atoms with Crippen LogP contribution < -0.4 is 5.32 Å². The minimum absolute atomic E-state index is 0.00519. The van der Waals surface area contributed by atoms with E-state index in [4.69, 9.17) is 9.90 Å². The maximum atomic E-state index is 12.1. The molecule has 3 aliphatic rings. The highest BCUT2D eigenvalue weighted by Crippen LogP contribution is 2.43. The quantitative estimate of drug-likeness (QED) is 0.641. The van der Waals surface area contributed by atoms with Crippen LogP contribution in [-0.4, -0.2) is 62.7 Å². The Hall–Kier alpha value is -3.21. The van der Waals surface area contributed by atoms with Crippen LogP contribution in [-0.2, 0) is 14.4 Å². The van der Waals surface area contributed by atoms with E-state index in [1.807, 2.05) is 18.2 Å². The lowest BCUT2D eigenvalue weighted by Crippen LogP contribution is -2.68. The Kier molecular flexibility index (Phi) is 5.42. The highest BCUT2D eigenvalue weighted by atomic mass is 19.4. The van der Waals surface area contributed by atoms with Crippen molar-refractivity contribution < 1.29 is 37.8 Å². The fraction of sp³-hybridized carbons (Fsp3) is 0.333. The zero-order valence-electron chi connectivity index (χ0n) is 14.8. The molecule has 3 N–H and O–H groups in total. The second kappa shape index (κ2) is 7.66. The topological polar surface area (TPSA) is 120 Å². The molecule has 2 saturated heterocycles. The van der Waals surface area contributed by atoms with Crippen molar-refractivity contribution in [3.05, 3.63) is 47.4 Å². The molecule has 11 heteroatoms. The number of alkyl halides is 3. The maximum absolute atomic E-state index is 12.1. The minimum Gasteiger partial charge on any atom is -0.477 e. The van der Waals surface area contributed by atoms with Crippen molar-refractivity contribution in [2.45, 2.75) is 24.7 Å². The number of pyridine rings is 1. The second-order valence-electron chi connectivity index (χ2n) is 6.62. The number of aromatic nitrogens is 1. The molecule has 1 aromatic heterocycles. The summed E-state index contributed by atoms with van der Waals surface area (Å²) in [6, 6.07) is 5.37. The molecule has 8 nitrogen and oxygen atoms in total. The van der Waals surface area contributed by atoms with E-state index in [0.717, 1.165) is 12.2 Å². The van der Waals surface area contributed by atoms with Crippen molar-refractivity contribution in [1.82, 2.24) is 15.2 Å². The van der Waals surface area contributed by atoms with Gasteiger partial charge in [-0.25, -0.2) is 9.59 Å². The molecule has 0 unspecified atom stereocenters. The van der Waals surface area contributed by atoms with Gasteiger partial charge in [0.05, 0.1) is 11.7 Å². The second-order valence-corrected chi connectivity index (χ2v) is 6.62. The fourth-order valence-corrected chi connectivity index (χ4v) is 3.63. The molecule has 1 amide bonds. The number of hydrogen-bond acceptors (Lipinski definition) is 5. The molecule has 0 saturated carbocycles. The Balaban J connectivity index is 0.000000298. The summed E-state index contributed by atoms with van der Waals surface area (Å²) >= 11 is 0. The number of carbonyl (C=O) groups excluding carboxylic acids is 1. The van der Waals surface area contributed by atoms with E-state index in [1.54, 1.807) is 18.3 Å². The summed E-state index contributed by atoms with van der Waals surface area (Å²) in [4.78, 5) is 38.3. The van der Waals surface area contributed by atoms with Gasteiger partial charge in [0, 0.05) is 12.7 Å². The number of hydrogen-bond donors (Lipinski definition) is 3. The summed E-state index contributed by atoms with van der Waals surface area (Å²) < 4.78 is 31.7. The molecule has 4 heterocycles. The molecule has 4 rings (SSSR count). The third kappa shape index (κ3) is 3.99. The highest BCUT2D eigenvalue weighted by molar-refractivity contribution is 6.01. The summed E-state index contributed by atoms with van der Waals surface area (Å²) in [7, 11) is 0. The summed E-state index contributed by atoms with van der Waals surface area (Å²) in [5.74, 6) is -3.65. The number of rotatable bonds is 3. The first-order valence-corrected chi connectivity index (χ1v) is 8.53. The van der Waals surface area contributed by atoms with Crippen molar-refractivity contribution in [2.75, 3.05) is 6.54 Å². The number of carbonyl (C=O) groups is 3. The van der Waals surface area contributed by atoms with E-state index >= 15 is 0 Å². The number of amides is 1. The largest absolute Gasteiger partial charge is 0.490 e. The molecular weight excluding hydrogens is 395 g/mol. The predicted octanol–water partition coefficient (Wildman–Crippen LogP) is 1.27. The molecular formula is C18H16F3N3O5. The average molecular weight is 411 g/mol. The number of aliphatic carboxylic acids is 2. The molecule has 2 fully saturated rings. The first-order valence-electron chi connectivity index (χ1n) is 8.53. The van der Waals surface area contributed by atoms with Crippen LogP contribution in [0.1, 0.15) is 12.1 Å². The van der Waals surface area contributed by atoms with Crippen molar-refractivity contribution >= 4 is 23.9 Å². The van der Waals surface area contributed by atoms with E-state index in [-0.39, 0.29) is 29.6 Å². The van der Waals surface area contributed by atoms with Gasteiger partial charge in [0.2, 0.25) is 5.91 Å². The van der Waals surface area contributed by atoms with E-state index in [0.29, 0.717) is 12.0 Å². The SMILES string of the molecule is O=C(O)C(F)(F)F.O=C(O)C1=C(/C=C/c2ccccn2)C[C@@H]2CN[C@@H]3C(=O)N1[C@H]23. The van der Waals surface area contributed by atoms with E-state index in [2.05, 4.69) is 10.3 Å². The number of halogens is 3. The average Bonchev–Trinajstić information content (AvgIpc) is 3.06. The Bertz CT molecular complexity index is 898. The molecule has 154 valence electrons. The smallest absolute Gasteiger partial charge is 0.477 e. The Labute approximate surface area is 162 Å². The zero-order chi connectivity index (χ0) is 21.3. The lowest BCUT2D eigenvalue weighted by atomic mass is 9.79. The first kappa shape index (κ1) is 20.5. The number of β-lactam (4-membered cyclic amide) rings is 1. The van der Waals surface area contributed by atoms with Gasteiger partial charge in [-0.3, -0.25) is 14.7 Å². The summed E-state index contributed by atoms with van der Waals surface area (Å²) in [6.07, 6.45) is 0.847. The van der Waals surface area contributed by atoms with Gasteiger partial charge in [0.25, 0.3) is 0 Å². The van der Waals surface area contributed by atoms with Gasteiger partial charge in [-0.1, -0.05) is 12.1 Å². The van der Waals surface area contributed by atoms with E-state index < -0.39 is 18.1 Å². The molecule has 1 aromatic rings. The Morgan fingerprint density at radius 1 is 1.24 bits per heavy atom. The Morgan fingerprint density at radius 3 is 2.48 bits per heavy atom. The molecule has 3 atom stereocenters. The lowest BCUT2D eigenvalue weighted by molar-refractivity contribution is -0.192. The zero-order valence-corrected chi connectivity index (χ0v) is 14.8. The van der Waals surface area contributed by atoms with Crippen LogP contribution in [0.2, 0.25) is 0 Å². The monoisotopic (exact) mass is 411 g/mol. The number of nitrogens with zero attached hydrogens (tertiary/aromatic N) is 2. The number of carboxylic acids is 2. The third-order valence-electron chi connectivity index (χ3n) is 4.84. The van der Waals surface area contributed by atoms with Gasteiger partial charge in [0.1, 0.15) is 11.7 Å². The number of nitrogens with one attached hydrogen (secondary N) is 1. The third-order valence-corrected chi connectivity index (χ3v) is 4.84. The van der Waals surface area contributed by atoms with Gasteiger partial charge in [-0.15, -0.1) is 0 Å². The number of allylic oxidation sites excluding steroid dienone is 2. The van der Waals surface area contributed by atoms with Crippen LogP contribution in [0.25, 0.3) is 6.08 Å². The van der Waals surface area contributed by atoms with Crippen LogP contribution in [0.5, 0.6) is 0 Å².